The van der Waals surface area contributed by atoms with Gasteiger partial charge < -0.3 is 14.2 Å². The summed E-state index contributed by atoms with van der Waals surface area (Å²) in [7, 11) is -15.1. The molecule has 12 nitrogen and oxygen atoms in total. The summed E-state index contributed by atoms with van der Waals surface area (Å²) < 4.78 is 103. The summed E-state index contributed by atoms with van der Waals surface area (Å²) in [6.07, 6.45) is 0. The number of benzene rings is 4. The number of rotatable bonds is 5. The van der Waals surface area contributed by atoms with Crippen molar-refractivity contribution in [1.29, 1.82) is 0 Å². The van der Waals surface area contributed by atoms with Gasteiger partial charge >= 0.3 is 88.7 Å². The van der Waals surface area contributed by atoms with E-state index in [0.717, 1.165) is 24.3 Å². The van der Waals surface area contributed by atoms with Gasteiger partial charge in [0.2, 0.25) is 0 Å². The Balaban J connectivity index is 0.00000241. The van der Waals surface area contributed by atoms with Gasteiger partial charge in [-0.05, 0) is 24.3 Å². The van der Waals surface area contributed by atoms with Gasteiger partial charge in [-0.15, -0.1) is 5.11 Å². The van der Waals surface area contributed by atoms with Crippen molar-refractivity contribution in [2.45, 2.75) is 14.7 Å². The molecule has 0 aliphatic rings. The number of nitrogens with zero attached hydrogens (tertiary/aromatic N) is 2. The minimum Gasteiger partial charge on any atom is -0.870 e. The van der Waals surface area contributed by atoms with Crippen LogP contribution in [0.3, 0.4) is 0 Å². The first-order chi connectivity index (χ1) is 16.2. The molecule has 0 aliphatic heterocycles. The molecule has 0 heterocycles. The molecule has 1 N–H and O–H groups in total. The van der Waals surface area contributed by atoms with Crippen molar-refractivity contribution in [3.8, 4) is 5.75 Å². The molecule has 0 radical (unpaired) electrons. The van der Waals surface area contributed by atoms with E-state index in [1.165, 1.54) is 30.3 Å². The van der Waals surface area contributed by atoms with Crippen LogP contribution in [0.2, 0.25) is 0 Å². The standard InChI is InChI=1S/C20H14N2O10S3.3Na/c23-20-18(35(30,31)32)10-14-13(6-3-7-16(14)33(24,25)26)19(20)22-21-15-8-9-17(34(27,28)29)12-5-2-1-4-11(12)15;;;/h1-10,23H,(H,24,25,26)(H,27,28,29)(H,30,31,32);;;/q;3*+1/p-3. The number of hydrogen-bond acceptors (Lipinski definition) is 11. The van der Waals surface area contributed by atoms with E-state index in [-0.39, 0.29) is 111 Å². The van der Waals surface area contributed by atoms with Gasteiger partial charge in [0.15, 0.2) is 0 Å². The van der Waals surface area contributed by atoms with Crippen LogP contribution < -0.4 is 93.8 Å². The second-order valence-corrected chi connectivity index (χ2v) is 11.2. The van der Waals surface area contributed by atoms with Crippen LogP contribution in [0.25, 0.3) is 21.5 Å². The molecule has 0 unspecified atom stereocenters. The average Bonchev–Trinajstić information content (AvgIpc) is 2.75. The number of fused-ring (bicyclic) bond motifs is 2. The molecule has 0 atom stereocenters. The smallest absolute Gasteiger partial charge is 0.870 e. The Labute approximate surface area is 283 Å². The van der Waals surface area contributed by atoms with Gasteiger partial charge in [0.1, 0.15) is 20.2 Å². The molecule has 0 saturated carbocycles. The van der Waals surface area contributed by atoms with Crippen LogP contribution in [0.15, 0.2) is 85.6 Å². The van der Waals surface area contributed by atoms with Crippen molar-refractivity contribution in [2.75, 3.05) is 0 Å². The Kier molecular flexibility index (Phi) is 12.2. The molecule has 4 aromatic rings. The normalized spacial score (nSPS) is 12.1. The Morgan fingerprint density at radius 1 is 0.605 bits per heavy atom. The van der Waals surface area contributed by atoms with Crippen molar-refractivity contribution < 1.29 is 133 Å². The number of hydrogen-bond donors (Lipinski definition) is 1. The molecule has 0 aromatic heterocycles. The van der Waals surface area contributed by atoms with E-state index >= 15 is 0 Å². The predicted molar refractivity (Wildman–Crippen MR) is 117 cm³/mol. The van der Waals surface area contributed by atoms with Crippen LogP contribution in [0.4, 0.5) is 11.4 Å². The van der Waals surface area contributed by atoms with E-state index in [9.17, 15) is 44.0 Å². The van der Waals surface area contributed by atoms with Gasteiger partial charge in [0.05, 0.1) is 26.1 Å². The van der Waals surface area contributed by atoms with Gasteiger partial charge in [-0.2, -0.15) is 13.5 Å². The topological polar surface area (TPSA) is 217 Å². The van der Waals surface area contributed by atoms with Gasteiger partial charge in [-0.25, -0.2) is 16.8 Å². The Hall–Kier alpha value is -0.470. The van der Waals surface area contributed by atoms with Crippen molar-refractivity contribution in [3.05, 3.63) is 60.7 Å². The van der Waals surface area contributed by atoms with Gasteiger partial charge in [0.25, 0.3) is 10.1 Å². The third kappa shape index (κ3) is 7.23. The van der Waals surface area contributed by atoms with E-state index in [2.05, 4.69) is 10.2 Å². The van der Waals surface area contributed by atoms with Crippen LogP contribution in [0, 0.1) is 0 Å². The molecule has 182 valence electrons. The SMILES string of the molecule is O=S(=O)([O-])c1ccc(N=Nc2c([O-])c(S(=O)(=O)O)cc3c(S(=O)(=O)[O-])cccc23)c2ccccc12.[Na+].[Na+].[Na+]. The fourth-order valence-corrected chi connectivity index (χ4v) is 5.47. The van der Waals surface area contributed by atoms with Crippen molar-refractivity contribution in [3.63, 3.8) is 0 Å². The molecule has 0 aliphatic carbocycles. The fourth-order valence-electron chi connectivity index (χ4n) is 3.51. The largest absolute Gasteiger partial charge is 1.00 e. The van der Waals surface area contributed by atoms with E-state index in [4.69, 9.17) is 0 Å². The molecule has 4 aromatic carbocycles. The van der Waals surface area contributed by atoms with Crippen LogP contribution in [0.1, 0.15) is 0 Å². The second-order valence-electron chi connectivity index (χ2n) is 7.12. The predicted octanol–water partition coefficient (Wildman–Crippen LogP) is -6.45. The van der Waals surface area contributed by atoms with E-state index in [0.29, 0.717) is 6.07 Å². The minimum atomic E-state index is -5.16. The zero-order chi connectivity index (χ0) is 25.8. The Bertz CT molecular complexity index is 1900. The first-order valence-corrected chi connectivity index (χ1v) is 13.5. The molecule has 18 heteroatoms. The molecule has 4 rings (SSSR count). The molecular weight excluding hydrogens is 593 g/mol. The van der Waals surface area contributed by atoms with Crippen molar-refractivity contribution >= 4 is 63.3 Å². The zero-order valence-corrected chi connectivity index (χ0v) is 28.5. The Morgan fingerprint density at radius 3 is 1.68 bits per heavy atom. The summed E-state index contributed by atoms with van der Waals surface area (Å²) in [6, 6.07) is 11.6. The summed E-state index contributed by atoms with van der Waals surface area (Å²) in [4.78, 5) is -2.61. The zero-order valence-electron chi connectivity index (χ0n) is 20.0. The van der Waals surface area contributed by atoms with E-state index < -0.39 is 61.9 Å². The van der Waals surface area contributed by atoms with Crippen molar-refractivity contribution in [2.24, 2.45) is 10.2 Å². The minimum absolute atomic E-state index is 0. The third-order valence-corrected chi connectivity index (χ3v) is 7.62. The Morgan fingerprint density at radius 2 is 1.13 bits per heavy atom. The summed E-state index contributed by atoms with van der Waals surface area (Å²) in [5, 5.41) is 19.9. The van der Waals surface area contributed by atoms with Crippen molar-refractivity contribution in [1.82, 2.24) is 0 Å². The maximum absolute atomic E-state index is 12.8. The average molecular weight is 604 g/mol. The van der Waals surface area contributed by atoms with E-state index in [1.54, 1.807) is 0 Å². The van der Waals surface area contributed by atoms with Gasteiger partial charge in [-0.1, -0.05) is 42.1 Å². The van der Waals surface area contributed by atoms with Crippen LogP contribution in [-0.4, -0.2) is 38.9 Å². The van der Waals surface area contributed by atoms with E-state index in [1.807, 2.05) is 0 Å². The molecule has 0 spiro atoms. The molecule has 0 bridgehead atoms. The maximum atomic E-state index is 12.8. The first-order valence-electron chi connectivity index (χ1n) is 9.29. The van der Waals surface area contributed by atoms with Gasteiger partial charge in [0, 0.05) is 21.5 Å². The van der Waals surface area contributed by atoms with Crippen LogP contribution >= 0.6 is 0 Å². The second kappa shape index (κ2) is 13.0. The van der Waals surface area contributed by atoms with Crippen LogP contribution in [-0.2, 0) is 30.4 Å². The first kappa shape index (κ1) is 35.6. The molecular formula is C20H11N2Na3O10S3. The molecule has 0 amide bonds. The maximum Gasteiger partial charge on any atom is 1.00 e. The summed E-state index contributed by atoms with van der Waals surface area (Å²) >= 11 is 0. The molecule has 38 heavy (non-hydrogen) atoms. The summed E-state index contributed by atoms with van der Waals surface area (Å²) in [5.74, 6) is -1.33. The van der Waals surface area contributed by atoms with Gasteiger partial charge in [-0.3, -0.25) is 4.55 Å². The monoisotopic (exact) mass is 604 g/mol. The summed E-state index contributed by atoms with van der Waals surface area (Å²) in [6.45, 7) is 0. The number of azo groups is 1. The third-order valence-electron chi connectivity index (χ3n) is 4.97. The molecule has 0 fully saturated rings. The molecule has 0 saturated heterocycles. The quantitative estimate of drug-likeness (QED) is 0.129. The summed E-state index contributed by atoms with van der Waals surface area (Å²) in [5.41, 5.74) is -0.726. The van der Waals surface area contributed by atoms with Crippen LogP contribution in [0.5, 0.6) is 5.75 Å². The fraction of sp³-hybridized carbons (Fsp3) is 0.